The van der Waals surface area contributed by atoms with Gasteiger partial charge in [-0.2, -0.15) is 13.2 Å². The quantitative estimate of drug-likeness (QED) is 0.880. The Labute approximate surface area is 141 Å². The highest BCUT2D eigenvalue weighted by Crippen LogP contribution is 2.33. The van der Waals surface area contributed by atoms with Gasteiger partial charge < -0.3 is 19.9 Å². The van der Waals surface area contributed by atoms with E-state index in [4.69, 9.17) is 4.74 Å². The number of halogens is 3. The van der Waals surface area contributed by atoms with E-state index in [0.717, 1.165) is 12.6 Å². The number of hydrogen-bond acceptors (Lipinski definition) is 6. The van der Waals surface area contributed by atoms with Gasteiger partial charge in [-0.05, 0) is 12.3 Å². The molecule has 134 valence electrons. The summed E-state index contributed by atoms with van der Waals surface area (Å²) >= 11 is 0. The van der Waals surface area contributed by atoms with Crippen molar-refractivity contribution in [2.24, 2.45) is 5.92 Å². The first kappa shape index (κ1) is 16.0. The van der Waals surface area contributed by atoms with Gasteiger partial charge in [0.25, 0.3) is 0 Å². The number of rotatable bonds is 3. The SMILES string of the molecule is FC(F)(F)c1cn2c(n1)CCC(CNc1ncnc3c1OCCN3)C2. The van der Waals surface area contributed by atoms with Gasteiger partial charge in [-0.1, -0.05) is 0 Å². The maximum atomic E-state index is 12.8. The minimum atomic E-state index is -4.40. The number of alkyl halides is 3. The highest BCUT2D eigenvalue weighted by Gasteiger charge is 2.35. The number of aryl methyl sites for hydroxylation is 1. The van der Waals surface area contributed by atoms with E-state index in [-0.39, 0.29) is 5.92 Å². The second-order valence-electron chi connectivity index (χ2n) is 6.15. The molecule has 2 aliphatic heterocycles. The van der Waals surface area contributed by atoms with E-state index in [2.05, 4.69) is 25.6 Å². The minimum Gasteiger partial charge on any atom is -0.485 e. The largest absolute Gasteiger partial charge is 0.485 e. The summed E-state index contributed by atoms with van der Waals surface area (Å²) in [6.07, 6.45) is -0.549. The van der Waals surface area contributed by atoms with E-state index in [1.807, 2.05) is 0 Å². The van der Waals surface area contributed by atoms with Crippen LogP contribution in [-0.2, 0) is 19.1 Å². The Balaban J connectivity index is 1.43. The third-order valence-corrected chi connectivity index (χ3v) is 4.38. The van der Waals surface area contributed by atoms with E-state index < -0.39 is 11.9 Å². The highest BCUT2D eigenvalue weighted by atomic mass is 19.4. The highest BCUT2D eigenvalue weighted by molar-refractivity contribution is 5.64. The molecule has 4 rings (SSSR count). The lowest BCUT2D eigenvalue weighted by Crippen LogP contribution is -2.27. The maximum Gasteiger partial charge on any atom is 0.434 e. The third-order valence-electron chi connectivity index (χ3n) is 4.38. The van der Waals surface area contributed by atoms with E-state index in [9.17, 15) is 13.2 Å². The molecule has 0 saturated carbocycles. The monoisotopic (exact) mass is 354 g/mol. The molecule has 0 aliphatic carbocycles. The number of fused-ring (bicyclic) bond motifs is 2. The van der Waals surface area contributed by atoms with Gasteiger partial charge in [0.1, 0.15) is 18.8 Å². The predicted molar refractivity (Wildman–Crippen MR) is 83.5 cm³/mol. The number of nitrogens with one attached hydrogen (secondary N) is 2. The average molecular weight is 354 g/mol. The molecule has 1 unspecified atom stereocenters. The first-order valence-corrected chi connectivity index (χ1v) is 8.09. The van der Waals surface area contributed by atoms with E-state index in [1.54, 1.807) is 4.57 Å². The number of imidazole rings is 1. The fourth-order valence-corrected chi connectivity index (χ4v) is 3.14. The first-order chi connectivity index (χ1) is 12.0. The summed E-state index contributed by atoms with van der Waals surface area (Å²) in [5, 5.41) is 6.37. The fraction of sp³-hybridized carbons (Fsp3) is 0.533. The number of nitrogens with zero attached hydrogens (tertiary/aromatic N) is 4. The molecule has 25 heavy (non-hydrogen) atoms. The maximum absolute atomic E-state index is 12.8. The van der Waals surface area contributed by atoms with Crippen LogP contribution in [0, 0.1) is 5.92 Å². The lowest BCUT2D eigenvalue weighted by atomic mass is 9.99. The van der Waals surface area contributed by atoms with Crippen molar-refractivity contribution >= 4 is 11.6 Å². The smallest absolute Gasteiger partial charge is 0.434 e. The van der Waals surface area contributed by atoms with Gasteiger partial charge in [0, 0.05) is 25.7 Å². The molecule has 0 amide bonds. The van der Waals surface area contributed by atoms with Crippen molar-refractivity contribution in [2.45, 2.75) is 25.6 Å². The second-order valence-corrected chi connectivity index (χ2v) is 6.15. The summed E-state index contributed by atoms with van der Waals surface area (Å²) in [6, 6.07) is 0. The molecule has 0 bridgehead atoms. The van der Waals surface area contributed by atoms with Crippen LogP contribution < -0.4 is 15.4 Å². The van der Waals surface area contributed by atoms with Gasteiger partial charge in [0.05, 0.1) is 6.54 Å². The summed E-state index contributed by atoms with van der Waals surface area (Å²) in [5.41, 5.74) is -0.819. The topological polar surface area (TPSA) is 76.9 Å². The van der Waals surface area contributed by atoms with Crippen molar-refractivity contribution in [1.29, 1.82) is 0 Å². The molecule has 7 nitrogen and oxygen atoms in total. The van der Waals surface area contributed by atoms with Crippen molar-refractivity contribution in [3.8, 4) is 5.75 Å². The Bertz CT molecular complexity index is 775. The van der Waals surface area contributed by atoms with Crippen molar-refractivity contribution in [1.82, 2.24) is 19.5 Å². The Morgan fingerprint density at radius 3 is 3.08 bits per heavy atom. The molecule has 0 aromatic carbocycles. The molecule has 2 N–H and O–H groups in total. The van der Waals surface area contributed by atoms with Crippen LogP contribution in [0.2, 0.25) is 0 Å². The van der Waals surface area contributed by atoms with E-state index in [1.165, 1.54) is 6.33 Å². The molecule has 0 fully saturated rings. The zero-order valence-corrected chi connectivity index (χ0v) is 13.3. The summed E-state index contributed by atoms with van der Waals surface area (Å²) in [7, 11) is 0. The van der Waals surface area contributed by atoms with Gasteiger partial charge in [0.15, 0.2) is 17.3 Å². The van der Waals surface area contributed by atoms with Crippen molar-refractivity contribution < 1.29 is 17.9 Å². The molecule has 0 saturated heterocycles. The van der Waals surface area contributed by atoms with Crippen LogP contribution in [0.15, 0.2) is 12.5 Å². The molecule has 10 heteroatoms. The van der Waals surface area contributed by atoms with Crippen LogP contribution in [0.3, 0.4) is 0 Å². The van der Waals surface area contributed by atoms with Gasteiger partial charge >= 0.3 is 6.18 Å². The molecular formula is C15H17F3N6O. The normalized spacial score (nSPS) is 19.4. The first-order valence-electron chi connectivity index (χ1n) is 8.09. The van der Waals surface area contributed by atoms with Crippen LogP contribution >= 0.6 is 0 Å². The van der Waals surface area contributed by atoms with Crippen LogP contribution in [-0.4, -0.2) is 39.2 Å². The predicted octanol–water partition coefficient (Wildman–Crippen LogP) is 2.17. The zero-order valence-electron chi connectivity index (χ0n) is 13.3. The summed E-state index contributed by atoms with van der Waals surface area (Å²) < 4.78 is 45.5. The average Bonchev–Trinajstić information content (AvgIpc) is 3.03. The van der Waals surface area contributed by atoms with E-state index >= 15 is 0 Å². The van der Waals surface area contributed by atoms with Crippen LogP contribution in [0.1, 0.15) is 17.9 Å². The van der Waals surface area contributed by atoms with Gasteiger partial charge in [0.2, 0.25) is 5.75 Å². The molecule has 0 spiro atoms. The molecule has 2 aliphatic rings. The van der Waals surface area contributed by atoms with Crippen LogP contribution in [0.5, 0.6) is 5.75 Å². The minimum absolute atomic E-state index is 0.185. The van der Waals surface area contributed by atoms with Gasteiger partial charge in [-0.25, -0.2) is 15.0 Å². The standard InChI is InChI=1S/C15H17F3N6O/c16-15(17,18)10-7-24-6-9(1-2-11(24)23-10)5-20-14-12-13(21-8-22-14)19-3-4-25-12/h7-9H,1-6H2,(H2,19,20,21,22). The zero-order chi connectivity index (χ0) is 17.4. The Morgan fingerprint density at radius 2 is 2.24 bits per heavy atom. The van der Waals surface area contributed by atoms with Crippen LogP contribution in [0.4, 0.5) is 24.8 Å². The number of hydrogen-bond donors (Lipinski definition) is 2. The Hall–Kier alpha value is -2.52. The fourth-order valence-electron chi connectivity index (χ4n) is 3.14. The number of aromatic nitrogens is 4. The molecule has 0 radical (unpaired) electrons. The molecule has 1 atom stereocenters. The number of ether oxygens (including phenoxy) is 1. The summed E-state index contributed by atoms with van der Waals surface area (Å²) in [5.74, 6) is 2.52. The third kappa shape index (κ3) is 3.20. The van der Waals surface area contributed by atoms with Gasteiger partial charge in [-0.3, -0.25) is 0 Å². The summed E-state index contributed by atoms with van der Waals surface area (Å²) in [6.45, 7) is 2.32. The summed E-state index contributed by atoms with van der Waals surface area (Å²) in [4.78, 5) is 12.0. The molecule has 4 heterocycles. The Kier molecular flexibility index (Phi) is 3.89. The lowest BCUT2D eigenvalue weighted by Gasteiger charge is -2.25. The van der Waals surface area contributed by atoms with E-state index in [0.29, 0.717) is 55.9 Å². The molecular weight excluding hydrogens is 337 g/mol. The van der Waals surface area contributed by atoms with Gasteiger partial charge in [-0.15, -0.1) is 0 Å². The van der Waals surface area contributed by atoms with Crippen LogP contribution in [0.25, 0.3) is 0 Å². The van der Waals surface area contributed by atoms with Crippen molar-refractivity contribution in [3.05, 3.63) is 24.0 Å². The molecule has 2 aromatic heterocycles. The van der Waals surface area contributed by atoms with Crippen molar-refractivity contribution in [3.63, 3.8) is 0 Å². The molecule has 2 aromatic rings. The number of anilines is 2. The lowest BCUT2D eigenvalue weighted by molar-refractivity contribution is -0.141. The second kappa shape index (κ2) is 6.08. The Morgan fingerprint density at radius 1 is 1.36 bits per heavy atom. The van der Waals surface area contributed by atoms with Crippen molar-refractivity contribution in [2.75, 3.05) is 30.3 Å².